The van der Waals surface area contributed by atoms with Crippen LogP contribution in [0, 0.1) is 0 Å². The first kappa shape index (κ1) is 39.0. The van der Waals surface area contributed by atoms with Crippen molar-refractivity contribution in [3.05, 3.63) is 78.4 Å². The summed E-state index contributed by atoms with van der Waals surface area (Å²) in [6.07, 6.45) is 3.81. The molecule has 1 aliphatic heterocycles. The van der Waals surface area contributed by atoms with E-state index < -0.39 is 49.4 Å². The second-order valence-electron chi connectivity index (χ2n) is 11.8. The van der Waals surface area contributed by atoms with Crippen LogP contribution < -0.4 is 19.0 Å². The molecule has 3 aromatic rings. The molecule has 0 bridgehead atoms. The number of sulfonamides is 1. The summed E-state index contributed by atoms with van der Waals surface area (Å²) >= 11 is 4.47. The van der Waals surface area contributed by atoms with Gasteiger partial charge in [-0.1, -0.05) is 38.8 Å². The number of thiol groups is 1. The number of rotatable bonds is 18. The lowest BCUT2D eigenvalue weighted by atomic mass is 10.0. The van der Waals surface area contributed by atoms with Gasteiger partial charge in [-0.05, 0) is 85.5 Å². The molecule has 272 valence electrons. The highest BCUT2D eigenvalue weighted by molar-refractivity contribution is 7.89. The molecule has 12 nitrogen and oxygen atoms in total. The van der Waals surface area contributed by atoms with Crippen LogP contribution in [0.5, 0.6) is 17.2 Å². The third-order valence-corrected chi connectivity index (χ3v) is 11.5. The van der Waals surface area contributed by atoms with Gasteiger partial charge in [-0.3, -0.25) is 4.79 Å². The minimum absolute atomic E-state index is 0.00240. The van der Waals surface area contributed by atoms with Gasteiger partial charge in [0.1, 0.15) is 34.2 Å². The lowest BCUT2D eigenvalue weighted by Gasteiger charge is -2.25. The van der Waals surface area contributed by atoms with Crippen LogP contribution in [0.3, 0.4) is 0 Å². The fourth-order valence-corrected chi connectivity index (χ4v) is 8.26. The SMILES string of the molecule is CCCCOc1ccc(S(=O)(=O)Oc2ccc(C[C@H](NC(=O)[C@@H]3C[C@H](S)CN3S(=O)(=O)c3ccc(OCCCC)cc3)C(=O)OC)cc2)cc1. The molecule has 50 heavy (non-hydrogen) atoms. The molecular formula is C35H44N2O10S3. The number of carbonyl (C=O) groups is 2. The molecule has 3 atom stereocenters. The maximum atomic E-state index is 13.6. The molecule has 3 aromatic carbocycles. The van der Waals surface area contributed by atoms with Gasteiger partial charge >= 0.3 is 16.1 Å². The number of ether oxygens (including phenoxy) is 3. The summed E-state index contributed by atoms with van der Waals surface area (Å²) in [7, 11) is -7.05. The van der Waals surface area contributed by atoms with Gasteiger partial charge in [-0.2, -0.15) is 25.4 Å². The van der Waals surface area contributed by atoms with Crippen molar-refractivity contribution in [2.45, 2.75) is 79.5 Å². The number of carbonyl (C=O) groups excluding carboxylic acids is 2. The zero-order valence-electron chi connectivity index (χ0n) is 28.3. The molecule has 1 aliphatic rings. The molecule has 1 saturated heterocycles. The Bertz CT molecular complexity index is 1780. The van der Waals surface area contributed by atoms with E-state index in [0.29, 0.717) is 30.3 Å². The largest absolute Gasteiger partial charge is 0.494 e. The van der Waals surface area contributed by atoms with Gasteiger partial charge in [-0.25, -0.2) is 13.2 Å². The molecule has 1 fully saturated rings. The van der Waals surface area contributed by atoms with Crippen molar-refractivity contribution in [3.63, 3.8) is 0 Å². The van der Waals surface area contributed by atoms with E-state index in [2.05, 4.69) is 17.9 Å². The van der Waals surface area contributed by atoms with Gasteiger partial charge in [0.15, 0.2) is 0 Å². The van der Waals surface area contributed by atoms with Gasteiger partial charge < -0.3 is 23.7 Å². The van der Waals surface area contributed by atoms with Gasteiger partial charge in [0.2, 0.25) is 15.9 Å². The van der Waals surface area contributed by atoms with Gasteiger partial charge in [0.05, 0.1) is 25.2 Å². The Morgan fingerprint density at radius 1 is 0.820 bits per heavy atom. The Morgan fingerprint density at radius 3 is 1.86 bits per heavy atom. The van der Waals surface area contributed by atoms with E-state index in [1.165, 1.54) is 43.5 Å². The van der Waals surface area contributed by atoms with Gasteiger partial charge in [0, 0.05) is 18.2 Å². The highest BCUT2D eigenvalue weighted by Gasteiger charge is 2.44. The average Bonchev–Trinajstić information content (AvgIpc) is 3.51. The number of esters is 1. The number of amides is 1. The molecule has 4 rings (SSSR count). The van der Waals surface area contributed by atoms with Crippen LogP contribution in [0.15, 0.2) is 82.6 Å². The van der Waals surface area contributed by atoms with Gasteiger partial charge in [-0.15, -0.1) is 0 Å². The second-order valence-corrected chi connectivity index (χ2v) is 16.0. The number of methoxy groups -OCH3 is 1. The van der Waals surface area contributed by atoms with E-state index in [9.17, 15) is 26.4 Å². The zero-order valence-corrected chi connectivity index (χ0v) is 30.8. The van der Waals surface area contributed by atoms with Crippen molar-refractivity contribution >= 4 is 44.6 Å². The van der Waals surface area contributed by atoms with E-state index in [1.54, 1.807) is 36.4 Å². The van der Waals surface area contributed by atoms with Crippen LogP contribution in [-0.2, 0) is 40.9 Å². The highest BCUT2D eigenvalue weighted by atomic mass is 32.2. The molecule has 0 aliphatic carbocycles. The van der Waals surface area contributed by atoms with Crippen LogP contribution >= 0.6 is 12.6 Å². The quantitative estimate of drug-likeness (QED) is 0.0805. The van der Waals surface area contributed by atoms with Crippen LogP contribution in [0.2, 0.25) is 0 Å². The lowest BCUT2D eigenvalue weighted by Crippen LogP contribution is -2.51. The van der Waals surface area contributed by atoms with Crippen molar-refractivity contribution in [1.29, 1.82) is 0 Å². The molecule has 15 heteroatoms. The van der Waals surface area contributed by atoms with E-state index in [-0.39, 0.29) is 34.9 Å². The first-order valence-corrected chi connectivity index (χ1v) is 19.8. The maximum absolute atomic E-state index is 13.6. The summed E-state index contributed by atoms with van der Waals surface area (Å²) in [5.74, 6) is -0.270. The van der Waals surface area contributed by atoms with Crippen molar-refractivity contribution < 1.29 is 44.8 Å². The summed E-state index contributed by atoms with van der Waals surface area (Å²) in [5.41, 5.74) is 0.559. The Morgan fingerprint density at radius 2 is 1.34 bits per heavy atom. The van der Waals surface area contributed by atoms with Crippen molar-refractivity contribution in [2.75, 3.05) is 26.9 Å². The summed E-state index contributed by atoms with van der Waals surface area (Å²) in [6, 6.07) is 15.7. The predicted octanol–water partition coefficient (Wildman–Crippen LogP) is 4.77. The Balaban J connectivity index is 1.41. The fraction of sp³-hybridized carbons (Fsp3) is 0.429. The third kappa shape index (κ3) is 10.4. The normalized spacial score (nSPS) is 17.1. The van der Waals surface area contributed by atoms with Gasteiger partial charge in [0.25, 0.3) is 0 Å². The first-order valence-electron chi connectivity index (χ1n) is 16.4. The molecule has 0 radical (unpaired) electrons. The van der Waals surface area contributed by atoms with E-state index in [1.807, 2.05) is 13.8 Å². The van der Waals surface area contributed by atoms with Crippen LogP contribution in [0.25, 0.3) is 0 Å². The van der Waals surface area contributed by atoms with E-state index >= 15 is 0 Å². The molecule has 0 spiro atoms. The second kappa shape index (κ2) is 17.9. The van der Waals surface area contributed by atoms with Crippen molar-refractivity contribution in [3.8, 4) is 17.2 Å². The molecular weight excluding hydrogens is 705 g/mol. The summed E-state index contributed by atoms with van der Waals surface area (Å²) < 4.78 is 75.5. The molecule has 0 aromatic heterocycles. The Kier molecular flexibility index (Phi) is 14.0. The molecule has 0 saturated carbocycles. The number of hydrogen-bond acceptors (Lipinski definition) is 11. The smallest absolute Gasteiger partial charge is 0.339 e. The minimum Gasteiger partial charge on any atom is -0.494 e. The van der Waals surface area contributed by atoms with Crippen LogP contribution in [0.4, 0.5) is 0 Å². The highest BCUT2D eigenvalue weighted by Crippen LogP contribution is 2.30. The van der Waals surface area contributed by atoms with Crippen LogP contribution in [0.1, 0.15) is 51.5 Å². The first-order chi connectivity index (χ1) is 23.9. The topological polar surface area (TPSA) is 155 Å². The maximum Gasteiger partial charge on any atom is 0.339 e. The number of nitrogens with zero attached hydrogens (tertiary/aromatic N) is 1. The average molecular weight is 749 g/mol. The lowest BCUT2D eigenvalue weighted by molar-refractivity contribution is -0.145. The summed E-state index contributed by atoms with van der Waals surface area (Å²) in [5, 5.41) is 2.25. The molecule has 1 heterocycles. The number of unbranched alkanes of at least 4 members (excludes halogenated alkanes) is 2. The van der Waals surface area contributed by atoms with Crippen LogP contribution in [-0.4, -0.2) is 77.2 Å². The number of benzene rings is 3. The molecule has 1 amide bonds. The Hall–Kier alpha value is -3.79. The minimum atomic E-state index is -4.14. The third-order valence-electron chi connectivity index (χ3n) is 7.98. The Labute approximate surface area is 300 Å². The zero-order chi connectivity index (χ0) is 36.3. The number of hydrogen-bond donors (Lipinski definition) is 2. The molecule has 0 unspecified atom stereocenters. The van der Waals surface area contributed by atoms with Crippen molar-refractivity contribution in [1.82, 2.24) is 9.62 Å². The fourth-order valence-electron chi connectivity index (χ4n) is 5.20. The van der Waals surface area contributed by atoms with E-state index in [0.717, 1.165) is 30.0 Å². The van der Waals surface area contributed by atoms with E-state index in [4.69, 9.17) is 18.4 Å². The monoisotopic (exact) mass is 748 g/mol. The standard InChI is InChI=1S/C35H44N2O10S3/c1-4-6-20-45-26-12-16-30(17-13-26)49(40,41)37-24-29(48)23-33(37)34(38)36-32(35(39)44-3)22-25-8-10-28(11-9-25)47-50(42,43)31-18-14-27(15-19-31)46-21-7-5-2/h8-19,29,32-33,48H,4-7,20-24H2,1-3H3,(H,36,38)/t29-,32-,33-/m0/s1. The summed E-state index contributed by atoms with van der Waals surface area (Å²) in [6.45, 7) is 5.14. The van der Waals surface area contributed by atoms with Crippen molar-refractivity contribution in [2.24, 2.45) is 0 Å². The number of nitrogens with one attached hydrogen (secondary N) is 1. The summed E-state index contributed by atoms with van der Waals surface area (Å²) in [4.78, 5) is 26.3. The molecule has 1 N–H and O–H groups in total. The predicted molar refractivity (Wildman–Crippen MR) is 191 cm³/mol.